The predicted octanol–water partition coefficient (Wildman–Crippen LogP) is 0.899. The van der Waals surface area contributed by atoms with E-state index in [-0.39, 0.29) is 30.0 Å². The highest BCUT2D eigenvalue weighted by Gasteiger charge is 2.60. The smallest absolute Gasteiger partial charge is 0.338 e. The van der Waals surface area contributed by atoms with Crippen molar-refractivity contribution in [2.24, 2.45) is 11.8 Å². The van der Waals surface area contributed by atoms with Crippen LogP contribution in [0.2, 0.25) is 0 Å². The lowest BCUT2D eigenvalue weighted by molar-refractivity contribution is -0.148. The molecule has 0 aromatic carbocycles. The zero-order valence-electron chi connectivity index (χ0n) is 13.8. The van der Waals surface area contributed by atoms with Gasteiger partial charge < -0.3 is 18.9 Å². The SMILES string of the molecule is CC(=O)O[C@H]1C[C@@H]2O[C@@]2(C)C[C@@H]2OC(=O)[C@@H](C)[C@H]2[C@H]2C=C1C(=O)O2. The van der Waals surface area contributed by atoms with E-state index in [1.807, 2.05) is 6.92 Å². The number of carbonyl (C=O) groups is 3. The molecule has 130 valence electrons. The monoisotopic (exact) mass is 336 g/mol. The summed E-state index contributed by atoms with van der Waals surface area (Å²) in [5.74, 6) is -1.85. The summed E-state index contributed by atoms with van der Waals surface area (Å²) in [6, 6.07) is 0. The standard InChI is InChI=1S/C17H20O7/c1-7-14-11-4-9(16(20)22-11)10(21-8(2)18)5-13-17(3,24-13)6-12(14)23-15(7)19/h4,7,10-14H,5-6H2,1-3H3/t7-,10-,11+,12-,13-,14-,17-/m0/s1. The maximum atomic E-state index is 12.3. The number of carbonyl (C=O) groups excluding carboxylic acids is 3. The molecule has 3 heterocycles. The van der Waals surface area contributed by atoms with Crippen molar-refractivity contribution in [3.8, 4) is 0 Å². The Hall–Kier alpha value is -1.89. The summed E-state index contributed by atoms with van der Waals surface area (Å²) < 4.78 is 22.2. The van der Waals surface area contributed by atoms with Crippen LogP contribution >= 0.6 is 0 Å². The maximum Gasteiger partial charge on any atom is 0.338 e. The van der Waals surface area contributed by atoms with Gasteiger partial charge >= 0.3 is 17.9 Å². The first-order valence-corrected chi connectivity index (χ1v) is 8.27. The summed E-state index contributed by atoms with van der Waals surface area (Å²) in [6.45, 7) is 5.05. The zero-order valence-corrected chi connectivity index (χ0v) is 13.8. The van der Waals surface area contributed by atoms with Gasteiger partial charge in [0.15, 0.2) is 0 Å². The number of ether oxygens (including phenoxy) is 4. The molecule has 0 saturated carbocycles. The van der Waals surface area contributed by atoms with Crippen LogP contribution in [0.4, 0.5) is 0 Å². The molecule has 0 spiro atoms. The second-order valence-corrected chi connectivity index (χ2v) is 7.29. The van der Waals surface area contributed by atoms with Crippen LogP contribution in [0.3, 0.4) is 0 Å². The Labute approximate surface area is 139 Å². The van der Waals surface area contributed by atoms with Gasteiger partial charge in [0.05, 0.1) is 23.2 Å². The number of esters is 3. The Balaban J connectivity index is 1.72. The fourth-order valence-corrected chi connectivity index (χ4v) is 4.19. The van der Waals surface area contributed by atoms with Gasteiger partial charge in [-0.2, -0.15) is 0 Å². The quantitative estimate of drug-likeness (QED) is 0.399. The minimum atomic E-state index is -0.684. The first-order chi connectivity index (χ1) is 11.3. The van der Waals surface area contributed by atoms with Gasteiger partial charge in [-0.3, -0.25) is 9.59 Å². The van der Waals surface area contributed by atoms with Crippen molar-refractivity contribution in [1.82, 2.24) is 0 Å². The molecule has 1 aliphatic carbocycles. The van der Waals surface area contributed by atoms with E-state index in [1.165, 1.54) is 6.92 Å². The molecule has 7 atom stereocenters. The second-order valence-electron chi connectivity index (χ2n) is 7.29. The molecule has 2 fully saturated rings. The Morgan fingerprint density at radius 2 is 2.08 bits per heavy atom. The molecule has 3 aliphatic heterocycles. The van der Waals surface area contributed by atoms with E-state index in [2.05, 4.69) is 0 Å². The molecule has 2 bridgehead atoms. The summed E-state index contributed by atoms with van der Waals surface area (Å²) >= 11 is 0. The molecule has 0 aromatic rings. The molecular formula is C17H20O7. The number of hydrogen-bond acceptors (Lipinski definition) is 7. The summed E-state index contributed by atoms with van der Waals surface area (Å²) in [5.41, 5.74) is -0.105. The van der Waals surface area contributed by atoms with Gasteiger partial charge in [-0.25, -0.2) is 4.79 Å². The molecule has 0 radical (unpaired) electrons. The summed E-state index contributed by atoms with van der Waals surface area (Å²) in [6.07, 6.45) is 0.904. The lowest BCUT2D eigenvalue weighted by Crippen LogP contribution is -2.35. The topological polar surface area (TPSA) is 91.4 Å². The Kier molecular flexibility index (Phi) is 3.29. The first-order valence-electron chi connectivity index (χ1n) is 8.27. The van der Waals surface area contributed by atoms with E-state index < -0.39 is 29.7 Å². The fourth-order valence-electron chi connectivity index (χ4n) is 4.19. The van der Waals surface area contributed by atoms with Crippen molar-refractivity contribution in [1.29, 1.82) is 0 Å². The van der Waals surface area contributed by atoms with Crippen LogP contribution in [0.15, 0.2) is 11.6 Å². The van der Waals surface area contributed by atoms with Crippen LogP contribution < -0.4 is 0 Å². The van der Waals surface area contributed by atoms with Crippen molar-refractivity contribution in [3.05, 3.63) is 11.6 Å². The lowest BCUT2D eigenvalue weighted by Gasteiger charge is -2.25. The van der Waals surface area contributed by atoms with E-state index in [0.29, 0.717) is 18.4 Å². The Morgan fingerprint density at radius 1 is 1.33 bits per heavy atom. The normalized spacial score (nSPS) is 46.2. The summed E-state index contributed by atoms with van der Waals surface area (Å²) in [7, 11) is 0. The average molecular weight is 336 g/mol. The molecule has 2 saturated heterocycles. The van der Waals surface area contributed by atoms with E-state index in [0.717, 1.165) is 0 Å². The van der Waals surface area contributed by atoms with Gasteiger partial charge in [0.1, 0.15) is 18.3 Å². The molecule has 7 heteroatoms. The molecule has 7 nitrogen and oxygen atoms in total. The van der Waals surface area contributed by atoms with Crippen molar-refractivity contribution in [2.75, 3.05) is 0 Å². The zero-order chi connectivity index (χ0) is 17.2. The number of rotatable bonds is 1. The fraction of sp³-hybridized carbons (Fsp3) is 0.706. The van der Waals surface area contributed by atoms with Crippen molar-refractivity contribution < 1.29 is 33.3 Å². The van der Waals surface area contributed by atoms with Crippen LogP contribution in [0, 0.1) is 11.8 Å². The van der Waals surface area contributed by atoms with Gasteiger partial charge in [0.25, 0.3) is 0 Å². The number of fused-ring (bicyclic) bond motifs is 4. The third kappa shape index (κ3) is 2.33. The van der Waals surface area contributed by atoms with Crippen LogP contribution in [0.1, 0.15) is 33.6 Å². The first kappa shape index (κ1) is 15.6. The highest BCUT2D eigenvalue weighted by atomic mass is 16.6. The van der Waals surface area contributed by atoms with Crippen LogP contribution in [0.5, 0.6) is 0 Å². The van der Waals surface area contributed by atoms with E-state index in [4.69, 9.17) is 18.9 Å². The van der Waals surface area contributed by atoms with Gasteiger partial charge in [0.2, 0.25) is 0 Å². The molecular weight excluding hydrogens is 316 g/mol. The molecule has 0 aromatic heterocycles. The second kappa shape index (κ2) is 5.05. The molecule has 4 aliphatic rings. The highest BCUT2D eigenvalue weighted by Crippen LogP contribution is 2.50. The highest BCUT2D eigenvalue weighted by molar-refractivity contribution is 5.92. The number of epoxide rings is 1. The molecule has 24 heavy (non-hydrogen) atoms. The van der Waals surface area contributed by atoms with Gasteiger partial charge in [-0.1, -0.05) is 6.92 Å². The van der Waals surface area contributed by atoms with Crippen molar-refractivity contribution >= 4 is 17.9 Å². The van der Waals surface area contributed by atoms with E-state index >= 15 is 0 Å². The summed E-state index contributed by atoms with van der Waals surface area (Å²) in [5, 5.41) is 0. The van der Waals surface area contributed by atoms with E-state index in [1.54, 1.807) is 13.0 Å². The van der Waals surface area contributed by atoms with Crippen LogP contribution in [-0.2, 0) is 33.3 Å². The van der Waals surface area contributed by atoms with Crippen molar-refractivity contribution in [3.63, 3.8) is 0 Å². The van der Waals surface area contributed by atoms with Crippen LogP contribution in [-0.4, -0.2) is 47.9 Å². The van der Waals surface area contributed by atoms with Gasteiger partial charge in [-0.05, 0) is 13.0 Å². The third-order valence-electron chi connectivity index (χ3n) is 5.57. The maximum absolute atomic E-state index is 12.3. The Morgan fingerprint density at radius 3 is 2.79 bits per heavy atom. The van der Waals surface area contributed by atoms with Gasteiger partial charge in [-0.15, -0.1) is 0 Å². The largest absolute Gasteiger partial charge is 0.462 e. The van der Waals surface area contributed by atoms with Crippen LogP contribution in [0.25, 0.3) is 0 Å². The molecule has 0 amide bonds. The third-order valence-corrected chi connectivity index (χ3v) is 5.57. The molecule has 0 unspecified atom stereocenters. The number of hydrogen-bond donors (Lipinski definition) is 0. The average Bonchev–Trinajstić information content (AvgIpc) is 2.80. The minimum Gasteiger partial charge on any atom is -0.462 e. The van der Waals surface area contributed by atoms with Gasteiger partial charge in [0, 0.05) is 25.7 Å². The summed E-state index contributed by atoms with van der Waals surface area (Å²) in [4.78, 5) is 35.8. The van der Waals surface area contributed by atoms with Crippen molar-refractivity contribution in [2.45, 2.75) is 63.6 Å². The minimum absolute atomic E-state index is 0.150. The van der Waals surface area contributed by atoms with E-state index in [9.17, 15) is 14.4 Å². The molecule has 4 rings (SSSR count). The lowest BCUT2D eigenvalue weighted by atomic mass is 9.81. The molecule has 0 N–H and O–H groups in total. The predicted molar refractivity (Wildman–Crippen MR) is 78.6 cm³/mol. The Bertz CT molecular complexity index is 653.